The third-order valence-electron chi connectivity index (χ3n) is 5.16. The highest BCUT2D eigenvalue weighted by atomic mass is 32.2. The number of carbonyl (C=O) groups excluding carboxylic acids is 1. The van der Waals surface area contributed by atoms with E-state index in [0.29, 0.717) is 23.8 Å². The van der Waals surface area contributed by atoms with Gasteiger partial charge in [-0.2, -0.15) is 11.8 Å². The Bertz CT molecular complexity index is 1340. The molecule has 1 aromatic carbocycles. The fourth-order valence-electron chi connectivity index (χ4n) is 3.74. The monoisotopic (exact) mass is 488 g/mol. The molecule has 0 bridgehead atoms. The number of thioether (sulfide) groups is 2. The summed E-state index contributed by atoms with van der Waals surface area (Å²) in [6, 6.07) is 5.80. The van der Waals surface area contributed by atoms with Gasteiger partial charge in [0, 0.05) is 22.7 Å². The van der Waals surface area contributed by atoms with E-state index in [1.165, 1.54) is 10.4 Å². The van der Waals surface area contributed by atoms with Crippen molar-refractivity contribution < 1.29 is 4.79 Å². The number of H-pyrrole nitrogens is 1. The molecule has 0 fully saturated rings. The van der Waals surface area contributed by atoms with Crippen molar-refractivity contribution in [3.63, 3.8) is 0 Å². The molecule has 0 aliphatic heterocycles. The molecule has 0 unspecified atom stereocenters. The largest absolute Gasteiger partial charge is 0.326 e. The van der Waals surface area contributed by atoms with Gasteiger partial charge in [-0.05, 0) is 49.3 Å². The number of amides is 1. The highest BCUT2D eigenvalue weighted by Crippen LogP contribution is 2.34. The second kappa shape index (κ2) is 8.93. The zero-order valence-electron chi connectivity index (χ0n) is 16.8. The van der Waals surface area contributed by atoms with Gasteiger partial charge in [-0.25, -0.2) is 9.97 Å². The summed E-state index contributed by atoms with van der Waals surface area (Å²) in [6.07, 6.45) is 5.59. The predicted molar refractivity (Wildman–Crippen MR) is 133 cm³/mol. The maximum Gasteiger partial charge on any atom is 0.259 e. The number of fused-ring (bicyclic) bond motifs is 4. The third kappa shape index (κ3) is 4.39. The van der Waals surface area contributed by atoms with Crippen LogP contribution in [0.3, 0.4) is 0 Å². The Balaban J connectivity index is 1.15. The molecule has 31 heavy (non-hydrogen) atoms. The number of anilines is 1. The van der Waals surface area contributed by atoms with Gasteiger partial charge >= 0.3 is 0 Å². The van der Waals surface area contributed by atoms with Gasteiger partial charge in [-0.1, -0.05) is 11.8 Å². The number of nitrogens with one attached hydrogen (secondary N) is 2. The molecule has 0 atom stereocenters. The minimum Gasteiger partial charge on any atom is -0.326 e. The van der Waals surface area contributed by atoms with Crippen LogP contribution in [0.4, 0.5) is 5.69 Å². The number of aromatic nitrogens is 3. The second-order valence-corrected chi connectivity index (χ2v) is 11.5. The highest BCUT2D eigenvalue weighted by Gasteiger charge is 2.21. The average Bonchev–Trinajstić information content (AvgIpc) is 3.44. The first-order valence-corrected chi connectivity index (χ1v) is 14.0. The molecule has 5 rings (SSSR count). The van der Waals surface area contributed by atoms with Crippen molar-refractivity contribution in [3.05, 3.63) is 44.8 Å². The van der Waals surface area contributed by atoms with Gasteiger partial charge in [0.25, 0.3) is 5.56 Å². The number of rotatable bonds is 7. The average molecular weight is 489 g/mol. The molecule has 1 amide bonds. The number of hydrogen-bond donors (Lipinski definition) is 2. The lowest BCUT2D eigenvalue weighted by Gasteiger charge is -2.05. The molecule has 3 aromatic heterocycles. The normalized spacial score (nSPS) is 13.2. The minimum atomic E-state index is -0.0270. The Morgan fingerprint density at radius 2 is 2.16 bits per heavy atom. The Morgan fingerprint density at radius 3 is 3.03 bits per heavy atom. The maximum atomic E-state index is 12.5. The number of thiophene rings is 1. The zero-order valence-corrected chi connectivity index (χ0v) is 20.1. The summed E-state index contributed by atoms with van der Waals surface area (Å²) in [7, 11) is 0. The first-order chi connectivity index (χ1) is 15.1. The van der Waals surface area contributed by atoms with E-state index in [4.69, 9.17) is 0 Å². The summed E-state index contributed by atoms with van der Waals surface area (Å²) in [5.74, 6) is 1.91. The number of carbonyl (C=O) groups is 1. The standard InChI is InChI=1S/C21H20N4O2S4/c1-28-21-23-13-6-5-11(9-15(13)31-21)22-17(26)7-8-29-10-16-24-19(27)18-12-3-2-4-14(12)30-20(18)25-16/h5-6,9H,2-4,7-8,10H2,1H3,(H,22,26)(H,24,25,27). The van der Waals surface area contributed by atoms with E-state index in [9.17, 15) is 9.59 Å². The van der Waals surface area contributed by atoms with Crippen LogP contribution >= 0.6 is 46.2 Å². The molecule has 10 heteroatoms. The lowest BCUT2D eigenvalue weighted by atomic mass is 10.2. The molecule has 0 saturated carbocycles. The van der Waals surface area contributed by atoms with Crippen molar-refractivity contribution in [2.24, 2.45) is 0 Å². The van der Waals surface area contributed by atoms with Gasteiger partial charge < -0.3 is 10.3 Å². The number of aryl methyl sites for hydroxylation is 2. The van der Waals surface area contributed by atoms with Crippen molar-refractivity contribution >= 4 is 78.2 Å². The van der Waals surface area contributed by atoms with E-state index in [2.05, 4.69) is 20.3 Å². The smallest absolute Gasteiger partial charge is 0.259 e. The second-order valence-electron chi connectivity index (χ2n) is 7.27. The van der Waals surface area contributed by atoms with Crippen LogP contribution in [0, 0.1) is 0 Å². The summed E-state index contributed by atoms with van der Waals surface area (Å²) in [5.41, 5.74) is 2.92. The fraction of sp³-hybridized carbons (Fsp3) is 0.333. The summed E-state index contributed by atoms with van der Waals surface area (Å²) in [4.78, 5) is 39.1. The topological polar surface area (TPSA) is 87.7 Å². The molecule has 6 nitrogen and oxygen atoms in total. The molecule has 1 aliphatic carbocycles. The quantitative estimate of drug-likeness (QED) is 0.279. The van der Waals surface area contributed by atoms with Gasteiger partial charge in [0.1, 0.15) is 10.7 Å². The minimum absolute atomic E-state index is 0.0203. The first-order valence-electron chi connectivity index (χ1n) is 9.96. The SMILES string of the molecule is CSc1nc2ccc(NC(=O)CCSCc3nc4sc5c(c4c(=O)[nH]3)CCC5)cc2s1. The van der Waals surface area contributed by atoms with E-state index in [1.54, 1.807) is 46.2 Å². The van der Waals surface area contributed by atoms with Crippen LogP contribution in [0.15, 0.2) is 27.3 Å². The fourth-order valence-corrected chi connectivity index (χ4v) is 7.35. The summed E-state index contributed by atoms with van der Waals surface area (Å²) >= 11 is 6.51. The van der Waals surface area contributed by atoms with E-state index in [-0.39, 0.29) is 11.5 Å². The molecular formula is C21H20N4O2S4. The molecule has 0 radical (unpaired) electrons. The molecule has 4 aromatic rings. The summed E-state index contributed by atoms with van der Waals surface area (Å²) < 4.78 is 2.09. The van der Waals surface area contributed by atoms with Crippen LogP contribution in [0.2, 0.25) is 0 Å². The van der Waals surface area contributed by atoms with Crippen LogP contribution in [0.25, 0.3) is 20.4 Å². The van der Waals surface area contributed by atoms with Gasteiger partial charge in [0.15, 0.2) is 4.34 Å². The van der Waals surface area contributed by atoms with Gasteiger partial charge in [-0.3, -0.25) is 9.59 Å². The van der Waals surface area contributed by atoms with Crippen molar-refractivity contribution in [1.82, 2.24) is 15.0 Å². The lowest BCUT2D eigenvalue weighted by Crippen LogP contribution is -2.13. The van der Waals surface area contributed by atoms with Gasteiger partial charge in [0.2, 0.25) is 5.91 Å². The Labute approximate surface area is 195 Å². The summed E-state index contributed by atoms with van der Waals surface area (Å²) in [6.45, 7) is 0. The van der Waals surface area contributed by atoms with Gasteiger partial charge in [-0.15, -0.1) is 22.7 Å². The number of hydrogen-bond acceptors (Lipinski definition) is 8. The zero-order chi connectivity index (χ0) is 21.4. The first kappa shape index (κ1) is 21.0. The maximum absolute atomic E-state index is 12.5. The van der Waals surface area contributed by atoms with Crippen molar-refractivity contribution in [1.29, 1.82) is 0 Å². The van der Waals surface area contributed by atoms with Crippen LogP contribution in [-0.4, -0.2) is 32.9 Å². The summed E-state index contributed by atoms with van der Waals surface area (Å²) in [5, 5.41) is 3.75. The molecule has 160 valence electrons. The number of aromatic amines is 1. The number of thiazole rings is 1. The Hall–Kier alpha value is -1.88. The molecule has 2 N–H and O–H groups in total. The van der Waals surface area contributed by atoms with E-state index in [0.717, 1.165) is 49.7 Å². The van der Waals surface area contributed by atoms with Crippen LogP contribution < -0.4 is 10.9 Å². The van der Waals surface area contributed by atoms with Crippen molar-refractivity contribution in [2.75, 3.05) is 17.3 Å². The highest BCUT2D eigenvalue weighted by molar-refractivity contribution is 8.00. The van der Waals surface area contributed by atoms with Crippen LogP contribution in [-0.2, 0) is 23.4 Å². The van der Waals surface area contributed by atoms with E-state index >= 15 is 0 Å². The van der Waals surface area contributed by atoms with Crippen molar-refractivity contribution in [2.45, 2.75) is 35.8 Å². The molecule has 0 saturated heterocycles. The predicted octanol–water partition coefficient (Wildman–Crippen LogP) is 5.07. The Morgan fingerprint density at radius 1 is 1.26 bits per heavy atom. The number of benzene rings is 1. The van der Waals surface area contributed by atoms with Crippen molar-refractivity contribution in [3.8, 4) is 0 Å². The third-order valence-corrected chi connectivity index (χ3v) is 9.32. The molecule has 3 heterocycles. The van der Waals surface area contributed by atoms with Gasteiger partial charge in [0.05, 0.1) is 21.4 Å². The van der Waals surface area contributed by atoms with Crippen LogP contribution in [0.1, 0.15) is 29.1 Å². The Kier molecular flexibility index (Phi) is 6.05. The van der Waals surface area contributed by atoms with Crippen LogP contribution in [0.5, 0.6) is 0 Å². The molecular weight excluding hydrogens is 469 g/mol. The van der Waals surface area contributed by atoms with E-state index < -0.39 is 0 Å². The molecule has 1 aliphatic rings. The molecule has 0 spiro atoms. The number of nitrogens with zero attached hydrogens (tertiary/aromatic N) is 2. The lowest BCUT2D eigenvalue weighted by molar-refractivity contribution is -0.115. The van der Waals surface area contributed by atoms with E-state index in [1.807, 2.05) is 24.5 Å².